The van der Waals surface area contributed by atoms with Crippen LogP contribution in [0, 0.1) is 12.7 Å². The number of aryl methyl sites for hydroxylation is 1. The third-order valence-corrected chi connectivity index (χ3v) is 8.37. The first-order valence-corrected chi connectivity index (χ1v) is 13.1. The lowest BCUT2D eigenvalue weighted by Gasteiger charge is -2.31. The van der Waals surface area contributed by atoms with Crippen LogP contribution in [-0.4, -0.2) is 46.8 Å². The quantitative estimate of drug-likeness (QED) is 0.441. The number of fused-ring (bicyclic) bond motifs is 1. The van der Waals surface area contributed by atoms with Crippen LogP contribution in [-0.2, 0) is 21.9 Å². The fourth-order valence-electron chi connectivity index (χ4n) is 4.78. The van der Waals surface area contributed by atoms with Crippen LogP contribution < -0.4 is 0 Å². The lowest BCUT2D eigenvalue weighted by molar-refractivity contribution is 0.417. The molecule has 0 bridgehead atoms. The topological polar surface area (TPSA) is 68.1 Å². The van der Waals surface area contributed by atoms with Crippen LogP contribution >= 0.6 is 11.3 Å². The Hall–Kier alpha value is -2.62. The van der Waals surface area contributed by atoms with Gasteiger partial charge in [0.25, 0.3) is 0 Å². The largest absolute Gasteiger partial charge is 0.253 e. The second-order valence-corrected chi connectivity index (χ2v) is 11.5. The van der Waals surface area contributed by atoms with Crippen molar-refractivity contribution in [2.75, 3.05) is 19.3 Å². The molecule has 166 valence electrons. The minimum Gasteiger partial charge on any atom is -0.253 e. The summed E-state index contributed by atoms with van der Waals surface area (Å²) in [7, 11) is -3.28. The van der Waals surface area contributed by atoms with E-state index in [0.29, 0.717) is 13.1 Å². The molecule has 1 atom stereocenters. The molecule has 0 aliphatic carbocycles. The van der Waals surface area contributed by atoms with Crippen molar-refractivity contribution in [3.63, 3.8) is 0 Å². The molecule has 1 aliphatic rings. The second kappa shape index (κ2) is 7.75. The maximum absolute atomic E-state index is 13.4. The molecular weight excluding hydrogens is 447 g/mol. The summed E-state index contributed by atoms with van der Waals surface area (Å²) in [5.74, 6) is -0.287. The van der Waals surface area contributed by atoms with Gasteiger partial charge in [-0.1, -0.05) is 0 Å². The van der Waals surface area contributed by atoms with Crippen LogP contribution in [0.15, 0.2) is 54.3 Å². The normalized spacial score (nSPS) is 19.7. The molecule has 0 N–H and O–H groups in total. The van der Waals surface area contributed by atoms with Crippen molar-refractivity contribution < 1.29 is 12.8 Å². The van der Waals surface area contributed by atoms with Gasteiger partial charge < -0.3 is 0 Å². The first-order valence-electron chi connectivity index (χ1n) is 10.3. The molecule has 9 heteroatoms. The van der Waals surface area contributed by atoms with E-state index in [4.69, 9.17) is 0 Å². The van der Waals surface area contributed by atoms with Crippen molar-refractivity contribution in [3.05, 3.63) is 76.1 Å². The summed E-state index contributed by atoms with van der Waals surface area (Å²) in [6.07, 6.45) is 6.44. The highest BCUT2D eigenvalue weighted by Gasteiger charge is 2.44. The number of nitrogens with zero attached hydrogens (tertiary/aromatic N) is 4. The van der Waals surface area contributed by atoms with Crippen molar-refractivity contribution in [1.29, 1.82) is 0 Å². The number of thiazole rings is 1. The van der Waals surface area contributed by atoms with E-state index >= 15 is 0 Å². The Balaban J connectivity index is 1.62. The number of hydrogen-bond acceptors (Lipinski definition) is 5. The van der Waals surface area contributed by atoms with Gasteiger partial charge in [0.05, 0.1) is 29.2 Å². The van der Waals surface area contributed by atoms with E-state index in [-0.39, 0.29) is 11.2 Å². The van der Waals surface area contributed by atoms with Gasteiger partial charge >= 0.3 is 0 Å². The Kier molecular flexibility index (Phi) is 5.15. The molecule has 3 heterocycles. The van der Waals surface area contributed by atoms with Gasteiger partial charge in [0.2, 0.25) is 10.0 Å². The molecule has 0 radical (unpaired) electrons. The van der Waals surface area contributed by atoms with Gasteiger partial charge in [-0.15, -0.1) is 11.3 Å². The fraction of sp³-hybridized carbons (Fsp3) is 0.304. The SMILES string of the molecule is Cc1cc2c(cnn2-c2ccc(F)cc2)cc1C1(Cc2cncs2)CCN(S(C)(=O)=O)C1. The lowest BCUT2D eigenvalue weighted by Crippen LogP contribution is -2.36. The molecular formula is C23H23FN4O2S2. The smallest absolute Gasteiger partial charge is 0.211 e. The first kappa shape index (κ1) is 21.2. The van der Waals surface area contributed by atoms with Crippen LogP contribution in [0.5, 0.6) is 0 Å². The molecule has 1 aliphatic heterocycles. The molecule has 2 aromatic heterocycles. The summed E-state index contributed by atoms with van der Waals surface area (Å²) in [4.78, 5) is 5.36. The highest BCUT2D eigenvalue weighted by Crippen LogP contribution is 2.42. The molecule has 0 saturated carbocycles. The van der Waals surface area contributed by atoms with Gasteiger partial charge in [-0.3, -0.25) is 4.98 Å². The minimum atomic E-state index is -3.28. The summed E-state index contributed by atoms with van der Waals surface area (Å²) in [5.41, 5.74) is 5.44. The van der Waals surface area contributed by atoms with Crippen molar-refractivity contribution in [1.82, 2.24) is 19.1 Å². The van der Waals surface area contributed by atoms with Crippen LogP contribution in [0.4, 0.5) is 4.39 Å². The van der Waals surface area contributed by atoms with Gasteiger partial charge in [-0.05, 0) is 67.3 Å². The highest BCUT2D eigenvalue weighted by molar-refractivity contribution is 7.88. The Labute approximate surface area is 190 Å². The number of sulfonamides is 1. The van der Waals surface area contributed by atoms with Crippen LogP contribution in [0.25, 0.3) is 16.6 Å². The van der Waals surface area contributed by atoms with Crippen molar-refractivity contribution in [2.24, 2.45) is 0 Å². The van der Waals surface area contributed by atoms with Crippen LogP contribution in [0.2, 0.25) is 0 Å². The first-order chi connectivity index (χ1) is 15.2. The van der Waals surface area contributed by atoms with E-state index in [1.165, 1.54) is 18.4 Å². The van der Waals surface area contributed by atoms with Gasteiger partial charge in [0.15, 0.2) is 0 Å². The molecule has 4 aromatic rings. The molecule has 6 nitrogen and oxygen atoms in total. The molecule has 32 heavy (non-hydrogen) atoms. The van der Waals surface area contributed by atoms with Crippen molar-refractivity contribution >= 4 is 32.3 Å². The zero-order valence-corrected chi connectivity index (χ0v) is 19.5. The molecule has 1 saturated heterocycles. The van der Waals surface area contributed by atoms with Crippen molar-refractivity contribution in [2.45, 2.75) is 25.2 Å². The molecule has 5 rings (SSSR count). The molecule has 0 spiro atoms. The second-order valence-electron chi connectivity index (χ2n) is 8.53. The Bertz CT molecular complexity index is 1380. The maximum atomic E-state index is 13.4. The molecule has 1 fully saturated rings. The number of benzene rings is 2. The van der Waals surface area contributed by atoms with Gasteiger partial charge in [-0.25, -0.2) is 21.8 Å². The lowest BCUT2D eigenvalue weighted by atomic mass is 9.74. The monoisotopic (exact) mass is 470 g/mol. The molecule has 0 amide bonds. The number of hydrogen-bond donors (Lipinski definition) is 0. The zero-order chi connectivity index (χ0) is 22.5. The van der Waals surface area contributed by atoms with Crippen molar-refractivity contribution in [3.8, 4) is 5.69 Å². The zero-order valence-electron chi connectivity index (χ0n) is 17.8. The van der Waals surface area contributed by atoms with E-state index in [1.807, 2.05) is 17.9 Å². The van der Waals surface area contributed by atoms with E-state index in [2.05, 4.69) is 29.1 Å². The molecule has 1 unspecified atom stereocenters. The van der Waals surface area contributed by atoms with E-state index < -0.39 is 10.0 Å². The van der Waals surface area contributed by atoms with E-state index in [9.17, 15) is 12.8 Å². The minimum absolute atomic E-state index is 0.287. The van der Waals surface area contributed by atoms with Crippen LogP contribution in [0.3, 0.4) is 0 Å². The number of rotatable bonds is 5. The number of aromatic nitrogens is 3. The summed E-state index contributed by atoms with van der Waals surface area (Å²) in [6, 6.07) is 10.5. The predicted molar refractivity (Wildman–Crippen MR) is 124 cm³/mol. The highest BCUT2D eigenvalue weighted by atomic mass is 32.2. The van der Waals surface area contributed by atoms with Gasteiger partial charge in [0, 0.05) is 35.0 Å². The average Bonchev–Trinajstić information content (AvgIpc) is 3.48. The molecule has 2 aromatic carbocycles. The number of halogens is 1. The third kappa shape index (κ3) is 3.74. The van der Waals surface area contributed by atoms with E-state index in [0.717, 1.165) is 45.4 Å². The summed E-state index contributed by atoms with van der Waals surface area (Å²) >= 11 is 1.60. The van der Waals surface area contributed by atoms with Crippen LogP contribution in [0.1, 0.15) is 22.4 Å². The third-order valence-electron chi connectivity index (χ3n) is 6.34. The Morgan fingerprint density at radius 2 is 1.97 bits per heavy atom. The summed E-state index contributed by atoms with van der Waals surface area (Å²) < 4.78 is 41.4. The van der Waals surface area contributed by atoms with E-state index in [1.54, 1.807) is 32.5 Å². The Morgan fingerprint density at radius 1 is 1.19 bits per heavy atom. The standard InChI is InChI=1S/C23H23FN4O2S2/c1-16-9-22-17(12-26-28(22)19-5-3-18(24)4-6-19)10-21(16)23(11-20-13-25-15-31-20)7-8-27(14-23)32(2,29)30/h3-6,9-10,12-13,15H,7-8,11,14H2,1-2H3. The van der Waals surface area contributed by atoms with Gasteiger partial charge in [0.1, 0.15) is 5.82 Å². The fourth-order valence-corrected chi connectivity index (χ4v) is 6.42. The predicted octanol–water partition coefficient (Wildman–Crippen LogP) is 4.08. The Morgan fingerprint density at radius 3 is 2.62 bits per heavy atom. The summed E-state index contributed by atoms with van der Waals surface area (Å²) in [6.45, 7) is 3.01. The summed E-state index contributed by atoms with van der Waals surface area (Å²) in [5, 5.41) is 5.51. The van der Waals surface area contributed by atoms with Gasteiger partial charge in [-0.2, -0.15) is 5.10 Å². The maximum Gasteiger partial charge on any atom is 0.211 e. The average molecular weight is 471 g/mol.